The molecule has 28 heteroatoms. The molecule has 0 aromatic heterocycles. The molecule has 26 nitrogen and oxygen atoms in total. The van der Waals surface area contributed by atoms with Gasteiger partial charge >= 0.3 is 17.9 Å². The minimum atomic E-state index is -1.31. The number of nitro groups is 3. The van der Waals surface area contributed by atoms with Crippen LogP contribution in [0.4, 0.5) is 17.1 Å². The smallest absolute Gasteiger partial charge is 0.330 e. The van der Waals surface area contributed by atoms with Crippen molar-refractivity contribution < 1.29 is 77.7 Å². The Kier molecular flexibility index (Phi) is 21.1. The molecule has 0 fully saturated rings. The first kappa shape index (κ1) is 62.6. The number of carbonyl (C=O) groups is 10. The Morgan fingerprint density at radius 3 is 1.00 bits per heavy atom. The zero-order valence-electron chi connectivity index (χ0n) is 42.3. The number of carboxylic acid groups (broad SMARTS) is 2. The summed E-state index contributed by atoms with van der Waals surface area (Å²) in [4.78, 5) is 153. The Hall–Kier alpha value is -7.72. The number of rotatable bonds is 16. The van der Waals surface area contributed by atoms with E-state index in [1.54, 1.807) is 55.4 Å². The molecular formula is C48H53Br2N7O19. The number of alkyl halides is 1. The van der Waals surface area contributed by atoms with Crippen molar-refractivity contribution in [2.45, 2.75) is 98.4 Å². The lowest BCUT2D eigenvalue weighted by molar-refractivity contribution is -0.385. The summed E-state index contributed by atoms with van der Waals surface area (Å²) >= 11 is 6.04. The van der Waals surface area contributed by atoms with Crippen LogP contribution in [0.15, 0.2) is 54.6 Å². The SMILES string of the molecule is CC(C)C(Br)OC(=O)C(C(C)C)N1C(=O)c2ccc([N+](=O)[O-])cc2C1=O.CC(C)C(C(=O)Br)N1C(=O)c2ccc([N+](=O)[O-])cc2C1=O.CC(C)[C@@H](N)C(=O)O.CC(C)[C@H](C(=O)O)N1C(=O)c2ccc([N+](=O)[O-])cc2C1=O. The molecule has 0 saturated carbocycles. The number of esters is 1. The molecule has 6 rings (SSSR count). The Morgan fingerprint density at radius 1 is 0.487 bits per heavy atom. The molecule has 3 aliphatic heterocycles. The number of imide groups is 3. The van der Waals surface area contributed by atoms with Gasteiger partial charge in [0, 0.05) is 42.3 Å². The summed E-state index contributed by atoms with van der Waals surface area (Å²) < 4.78 is 4.84. The topological polar surface area (TPSA) is 386 Å². The lowest BCUT2D eigenvalue weighted by Gasteiger charge is -2.29. The second-order valence-electron chi connectivity index (χ2n) is 18.8. The van der Waals surface area contributed by atoms with Gasteiger partial charge in [0.25, 0.3) is 52.5 Å². The molecule has 0 bridgehead atoms. The molecule has 6 amide bonds. The highest BCUT2D eigenvalue weighted by Crippen LogP contribution is 2.34. The predicted octanol–water partition coefficient (Wildman–Crippen LogP) is 6.63. The second-order valence-corrected chi connectivity index (χ2v) is 20.4. The average Bonchev–Trinajstić information content (AvgIpc) is 3.82. The maximum atomic E-state index is 12.7. The van der Waals surface area contributed by atoms with Crippen LogP contribution in [0.1, 0.15) is 131 Å². The van der Waals surface area contributed by atoms with Gasteiger partial charge in [-0.3, -0.25) is 83.4 Å². The monoisotopic (exact) mass is 1190 g/mol. The van der Waals surface area contributed by atoms with Crippen LogP contribution in [0, 0.1) is 59.9 Å². The number of nitrogens with zero attached hydrogens (tertiary/aromatic N) is 6. The van der Waals surface area contributed by atoms with Crippen molar-refractivity contribution in [1.82, 2.24) is 14.7 Å². The molecule has 3 aromatic carbocycles. The number of aliphatic carboxylic acids is 2. The highest BCUT2D eigenvalue weighted by molar-refractivity contribution is 9.18. The molecular weight excluding hydrogens is 1140 g/mol. The van der Waals surface area contributed by atoms with Gasteiger partial charge in [0.1, 0.15) is 24.2 Å². The van der Waals surface area contributed by atoms with Crippen LogP contribution in [0.2, 0.25) is 0 Å². The highest BCUT2D eigenvalue weighted by atomic mass is 79.9. The van der Waals surface area contributed by atoms with Crippen molar-refractivity contribution in [3.05, 3.63) is 118 Å². The number of benzene rings is 3. The Morgan fingerprint density at radius 2 is 0.776 bits per heavy atom. The van der Waals surface area contributed by atoms with E-state index in [0.29, 0.717) is 4.90 Å². The van der Waals surface area contributed by atoms with Gasteiger partial charge in [-0.15, -0.1) is 0 Å². The third-order valence-electron chi connectivity index (χ3n) is 11.5. The van der Waals surface area contributed by atoms with Crippen molar-refractivity contribution in [3.63, 3.8) is 0 Å². The molecule has 0 radical (unpaired) electrons. The summed E-state index contributed by atoms with van der Waals surface area (Å²) in [7, 11) is 0. The first-order valence-corrected chi connectivity index (χ1v) is 24.6. The molecule has 5 atom stereocenters. The van der Waals surface area contributed by atoms with E-state index in [-0.39, 0.29) is 68.2 Å². The van der Waals surface area contributed by atoms with Gasteiger partial charge in [0.05, 0.1) is 48.2 Å². The normalized spacial score (nSPS) is 15.4. The molecule has 3 unspecified atom stereocenters. The fourth-order valence-electron chi connectivity index (χ4n) is 7.47. The van der Waals surface area contributed by atoms with Gasteiger partial charge in [0.15, 0.2) is 5.01 Å². The van der Waals surface area contributed by atoms with E-state index in [1.165, 1.54) is 18.2 Å². The summed E-state index contributed by atoms with van der Waals surface area (Å²) in [5, 5.41) is 49.3. The summed E-state index contributed by atoms with van der Waals surface area (Å²) in [6.45, 7) is 17.2. The van der Waals surface area contributed by atoms with Crippen LogP contribution in [0.3, 0.4) is 0 Å². The number of halogens is 2. The lowest BCUT2D eigenvalue weighted by Crippen LogP contribution is -2.49. The molecule has 4 N–H and O–H groups in total. The van der Waals surface area contributed by atoms with E-state index >= 15 is 0 Å². The molecule has 3 aromatic rings. The number of carboxylic acids is 2. The number of nitro benzene ring substituents is 3. The maximum Gasteiger partial charge on any atom is 0.330 e. The summed E-state index contributed by atoms with van der Waals surface area (Å²) in [5.41, 5.74) is 4.09. The van der Waals surface area contributed by atoms with Gasteiger partial charge in [0.2, 0.25) is 4.69 Å². The lowest BCUT2D eigenvalue weighted by atomic mass is 10.0. The minimum absolute atomic E-state index is 0.00316. The third-order valence-corrected chi connectivity index (χ3v) is 13.3. The third kappa shape index (κ3) is 13.8. The van der Waals surface area contributed by atoms with Crippen LogP contribution in [0.25, 0.3) is 0 Å². The quantitative estimate of drug-likeness (QED) is 0.0338. The van der Waals surface area contributed by atoms with Crippen LogP contribution in [-0.2, 0) is 23.9 Å². The highest BCUT2D eigenvalue weighted by Gasteiger charge is 2.48. The van der Waals surface area contributed by atoms with Gasteiger partial charge in [-0.05, 0) is 73.7 Å². The first-order valence-electron chi connectivity index (χ1n) is 22.9. The number of fused-ring (bicyclic) bond motifs is 3. The number of nitrogens with two attached hydrogens (primary N) is 1. The van der Waals surface area contributed by atoms with E-state index in [2.05, 4.69) is 31.9 Å². The van der Waals surface area contributed by atoms with Crippen LogP contribution in [0.5, 0.6) is 0 Å². The van der Waals surface area contributed by atoms with E-state index in [4.69, 9.17) is 15.6 Å². The number of amides is 6. The maximum absolute atomic E-state index is 12.7. The summed E-state index contributed by atoms with van der Waals surface area (Å²) in [6, 6.07) is 6.09. The van der Waals surface area contributed by atoms with E-state index in [9.17, 15) is 83.4 Å². The van der Waals surface area contributed by atoms with Crippen molar-refractivity contribution in [3.8, 4) is 0 Å². The van der Waals surface area contributed by atoms with Crippen molar-refractivity contribution >= 4 is 107 Å². The minimum Gasteiger partial charge on any atom is -0.480 e. The zero-order valence-corrected chi connectivity index (χ0v) is 45.5. The Labute approximate surface area is 449 Å². The van der Waals surface area contributed by atoms with E-state index in [0.717, 1.165) is 46.2 Å². The Bertz CT molecular complexity index is 2790. The molecule has 0 spiro atoms. The van der Waals surface area contributed by atoms with Crippen LogP contribution >= 0.6 is 31.9 Å². The van der Waals surface area contributed by atoms with Gasteiger partial charge < -0.3 is 20.7 Å². The van der Waals surface area contributed by atoms with Crippen molar-refractivity contribution in [1.29, 1.82) is 0 Å². The fraction of sp³-hybridized carbons (Fsp3) is 0.417. The summed E-state index contributed by atoms with van der Waals surface area (Å²) in [5.74, 6) is -8.35. The standard InChI is InChI=1S/C17H19BrN2O6.C13H11BrN2O5.C13H12N2O6.C5H11NO2/c1-8(2)13(17(23)26-14(18)9(3)4)19-15(21)11-6-5-10(20(24)25)7-12(11)16(19)22;1-6(2)10(11(14)17)15-12(18)8-4-3-7(16(20)21)5-9(8)13(15)19;1-6(2)10(13(18)19)14-11(16)8-4-3-7(15(20)21)5-9(8)12(14)17;1-3(2)4(6)5(7)8/h5-9,13-14H,1-4H3;3-6,10H,1-2H3;3-6,10H,1-2H3,(H,18,19);3-4H,6H2,1-2H3,(H,7,8)/t;;10-;4-/m..11/s1. The number of ether oxygens (including phenoxy) is 1. The Balaban J connectivity index is 0.000000281. The van der Waals surface area contributed by atoms with Gasteiger partial charge in [-0.2, -0.15) is 0 Å². The second kappa shape index (κ2) is 25.7. The molecule has 76 heavy (non-hydrogen) atoms. The van der Waals surface area contributed by atoms with Crippen LogP contribution in [-0.4, -0.2) is 127 Å². The fourth-order valence-corrected chi connectivity index (χ4v) is 8.39. The van der Waals surface area contributed by atoms with E-state index in [1.807, 2.05) is 13.8 Å². The summed E-state index contributed by atoms with van der Waals surface area (Å²) in [6.07, 6.45) is 0. The predicted molar refractivity (Wildman–Crippen MR) is 272 cm³/mol. The molecule has 0 saturated heterocycles. The van der Waals surface area contributed by atoms with Crippen molar-refractivity contribution in [2.24, 2.45) is 35.3 Å². The molecule has 0 aliphatic carbocycles. The van der Waals surface area contributed by atoms with Gasteiger partial charge in [-0.1, -0.05) is 69.2 Å². The first-order chi connectivity index (χ1) is 35.1. The van der Waals surface area contributed by atoms with Gasteiger partial charge in [-0.25, -0.2) is 9.59 Å². The van der Waals surface area contributed by atoms with E-state index < -0.39 is 114 Å². The van der Waals surface area contributed by atoms with Crippen LogP contribution < -0.4 is 5.73 Å². The molecule has 3 heterocycles. The number of carbonyl (C=O) groups excluding carboxylic acids is 8. The zero-order chi connectivity index (χ0) is 58.3. The number of hydrogen-bond acceptors (Lipinski definition) is 18. The largest absolute Gasteiger partial charge is 0.480 e. The number of hydrogen-bond donors (Lipinski definition) is 3. The average molecular weight is 1190 g/mol. The van der Waals surface area contributed by atoms with Crippen molar-refractivity contribution in [2.75, 3.05) is 0 Å². The number of non-ortho nitro benzene ring substituents is 3. The molecule has 408 valence electrons. The molecule has 3 aliphatic rings.